The first kappa shape index (κ1) is 18.3. The van der Waals surface area contributed by atoms with Crippen LogP contribution in [-0.4, -0.2) is 37.3 Å². The Morgan fingerprint density at radius 1 is 1.14 bits per heavy atom. The van der Waals surface area contributed by atoms with Gasteiger partial charge in [0, 0.05) is 11.3 Å². The number of nitrogens with one attached hydrogen (secondary N) is 1. The second-order valence-corrected chi connectivity index (χ2v) is 7.81. The molecule has 0 aliphatic rings. The predicted octanol–water partition coefficient (Wildman–Crippen LogP) is 3.79. The van der Waals surface area contributed by atoms with Crippen LogP contribution in [0.4, 0.5) is 5.69 Å². The van der Waals surface area contributed by atoms with Crippen LogP contribution in [0.1, 0.15) is 17.3 Å². The molecule has 0 spiro atoms. The molecule has 1 amide bonds. The standard InChI is InChI=1S/C19H15N5O2S2/c1-12(25)13-4-2-5-14(10-13)20-18(26)11-28-19-22-21-17-8-7-15(23-24(17)19)16-6-3-9-27-16/h2-10H,11H2,1H3,(H,20,26). The maximum Gasteiger partial charge on any atom is 0.234 e. The minimum atomic E-state index is -0.197. The predicted molar refractivity (Wildman–Crippen MR) is 110 cm³/mol. The third kappa shape index (κ3) is 3.95. The van der Waals surface area contributed by atoms with Gasteiger partial charge in [-0.1, -0.05) is 30.0 Å². The van der Waals surface area contributed by atoms with Gasteiger partial charge in [-0.25, -0.2) is 0 Å². The van der Waals surface area contributed by atoms with Gasteiger partial charge in [0.05, 0.1) is 10.6 Å². The van der Waals surface area contributed by atoms with Crippen LogP contribution in [0.25, 0.3) is 16.2 Å². The smallest absolute Gasteiger partial charge is 0.234 e. The molecule has 9 heteroatoms. The van der Waals surface area contributed by atoms with E-state index in [1.165, 1.54) is 18.7 Å². The Labute approximate surface area is 168 Å². The number of nitrogens with zero attached hydrogens (tertiary/aromatic N) is 4. The molecule has 4 rings (SSSR count). The minimum absolute atomic E-state index is 0.0481. The van der Waals surface area contributed by atoms with Gasteiger partial charge in [-0.05, 0) is 42.6 Å². The number of hydrogen-bond donors (Lipinski definition) is 1. The lowest BCUT2D eigenvalue weighted by Gasteiger charge is -2.06. The third-order valence-corrected chi connectivity index (χ3v) is 5.70. The summed E-state index contributed by atoms with van der Waals surface area (Å²) in [7, 11) is 0. The highest BCUT2D eigenvalue weighted by Gasteiger charge is 2.12. The lowest BCUT2D eigenvalue weighted by Crippen LogP contribution is -2.14. The molecule has 0 unspecified atom stereocenters. The number of amides is 1. The molecule has 1 aromatic carbocycles. The molecule has 28 heavy (non-hydrogen) atoms. The first-order valence-electron chi connectivity index (χ1n) is 8.40. The first-order chi connectivity index (χ1) is 13.6. The van der Waals surface area contributed by atoms with Crippen molar-refractivity contribution in [3.8, 4) is 10.6 Å². The van der Waals surface area contributed by atoms with E-state index in [0.717, 1.165) is 10.6 Å². The van der Waals surface area contributed by atoms with E-state index < -0.39 is 0 Å². The van der Waals surface area contributed by atoms with Crippen molar-refractivity contribution in [3.63, 3.8) is 0 Å². The molecule has 0 atom stereocenters. The lowest BCUT2D eigenvalue weighted by molar-refractivity contribution is -0.113. The Morgan fingerprint density at radius 3 is 2.82 bits per heavy atom. The van der Waals surface area contributed by atoms with Crippen molar-refractivity contribution in [3.05, 3.63) is 59.5 Å². The Kier molecular flexibility index (Phi) is 5.18. The zero-order valence-electron chi connectivity index (χ0n) is 14.8. The number of thiophene rings is 1. The van der Waals surface area contributed by atoms with Crippen LogP contribution in [-0.2, 0) is 4.79 Å². The van der Waals surface area contributed by atoms with Crippen molar-refractivity contribution in [1.29, 1.82) is 0 Å². The number of benzene rings is 1. The van der Waals surface area contributed by atoms with Crippen molar-refractivity contribution in [2.45, 2.75) is 12.1 Å². The highest BCUT2D eigenvalue weighted by molar-refractivity contribution is 7.99. The number of hydrogen-bond acceptors (Lipinski definition) is 7. The van der Waals surface area contributed by atoms with E-state index in [9.17, 15) is 9.59 Å². The zero-order valence-corrected chi connectivity index (χ0v) is 16.5. The number of Topliss-reactive ketones (excluding diaryl/α,β-unsaturated/α-hetero) is 1. The molecule has 3 aromatic heterocycles. The van der Waals surface area contributed by atoms with E-state index in [0.29, 0.717) is 22.1 Å². The van der Waals surface area contributed by atoms with Gasteiger partial charge in [0.2, 0.25) is 11.1 Å². The number of carbonyl (C=O) groups is 2. The number of thioether (sulfide) groups is 1. The highest BCUT2D eigenvalue weighted by Crippen LogP contribution is 2.24. The van der Waals surface area contributed by atoms with E-state index in [2.05, 4.69) is 20.6 Å². The van der Waals surface area contributed by atoms with Crippen LogP contribution in [0.15, 0.2) is 59.1 Å². The first-order valence-corrected chi connectivity index (χ1v) is 10.3. The molecule has 0 saturated heterocycles. The van der Waals surface area contributed by atoms with Crippen LogP contribution in [0, 0.1) is 0 Å². The summed E-state index contributed by atoms with van der Waals surface area (Å²) in [4.78, 5) is 24.8. The van der Waals surface area contributed by atoms with E-state index in [1.807, 2.05) is 29.6 Å². The second-order valence-electron chi connectivity index (χ2n) is 5.92. The minimum Gasteiger partial charge on any atom is -0.325 e. The molecule has 4 aromatic rings. The van der Waals surface area contributed by atoms with Gasteiger partial charge in [-0.15, -0.1) is 21.5 Å². The zero-order chi connectivity index (χ0) is 19.5. The summed E-state index contributed by atoms with van der Waals surface area (Å²) in [6, 6.07) is 14.6. The summed E-state index contributed by atoms with van der Waals surface area (Å²) in [5.41, 5.74) is 2.59. The van der Waals surface area contributed by atoms with Crippen molar-refractivity contribution in [1.82, 2.24) is 19.8 Å². The number of carbonyl (C=O) groups excluding carboxylic acids is 2. The van der Waals surface area contributed by atoms with Gasteiger partial charge in [-0.3, -0.25) is 9.59 Å². The lowest BCUT2D eigenvalue weighted by atomic mass is 10.1. The van der Waals surface area contributed by atoms with E-state index in [1.54, 1.807) is 40.1 Å². The Hall–Kier alpha value is -3.04. The number of anilines is 1. The van der Waals surface area contributed by atoms with Gasteiger partial charge in [0.15, 0.2) is 11.4 Å². The third-order valence-electron chi connectivity index (χ3n) is 3.89. The van der Waals surface area contributed by atoms with Crippen LogP contribution >= 0.6 is 23.1 Å². The molecule has 3 heterocycles. The van der Waals surface area contributed by atoms with Crippen molar-refractivity contribution < 1.29 is 9.59 Å². The molecule has 0 radical (unpaired) electrons. The van der Waals surface area contributed by atoms with Crippen molar-refractivity contribution >= 4 is 46.1 Å². The largest absolute Gasteiger partial charge is 0.325 e. The molecular formula is C19H15N5O2S2. The van der Waals surface area contributed by atoms with E-state index >= 15 is 0 Å². The molecule has 0 saturated carbocycles. The fourth-order valence-electron chi connectivity index (χ4n) is 2.56. The van der Waals surface area contributed by atoms with Gasteiger partial charge < -0.3 is 5.32 Å². The fourth-order valence-corrected chi connectivity index (χ4v) is 3.94. The summed E-state index contributed by atoms with van der Waals surface area (Å²) < 4.78 is 1.64. The molecule has 0 bridgehead atoms. The van der Waals surface area contributed by atoms with Crippen LogP contribution in [0.3, 0.4) is 0 Å². The molecule has 0 fully saturated rings. The summed E-state index contributed by atoms with van der Waals surface area (Å²) in [5.74, 6) is -0.0967. The van der Waals surface area contributed by atoms with Crippen LogP contribution < -0.4 is 5.32 Å². The summed E-state index contributed by atoms with van der Waals surface area (Å²) in [5, 5.41) is 18.1. The van der Waals surface area contributed by atoms with Gasteiger partial charge in [-0.2, -0.15) is 9.61 Å². The van der Waals surface area contributed by atoms with Gasteiger partial charge >= 0.3 is 0 Å². The number of aromatic nitrogens is 4. The molecule has 0 aliphatic heterocycles. The van der Waals surface area contributed by atoms with Crippen LogP contribution in [0.2, 0.25) is 0 Å². The number of rotatable bonds is 6. The highest BCUT2D eigenvalue weighted by atomic mass is 32.2. The van der Waals surface area contributed by atoms with Crippen molar-refractivity contribution in [2.24, 2.45) is 0 Å². The van der Waals surface area contributed by atoms with E-state index in [4.69, 9.17) is 0 Å². The number of ketones is 1. The van der Waals surface area contributed by atoms with Gasteiger partial charge in [0.25, 0.3) is 0 Å². The maximum atomic E-state index is 12.3. The number of fused-ring (bicyclic) bond motifs is 1. The van der Waals surface area contributed by atoms with E-state index in [-0.39, 0.29) is 17.4 Å². The summed E-state index contributed by atoms with van der Waals surface area (Å²) in [6.45, 7) is 1.49. The Balaban J connectivity index is 1.46. The van der Waals surface area contributed by atoms with Gasteiger partial charge in [0.1, 0.15) is 5.69 Å². The Bertz CT molecular complexity index is 1150. The summed E-state index contributed by atoms with van der Waals surface area (Å²) in [6.07, 6.45) is 0. The molecule has 1 N–H and O–H groups in total. The molecular weight excluding hydrogens is 394 g/mol. The maximum absolute atomic E-state index is 12.3. The monoisotopic (exact) mass is 409 g/mol. The Morgan fingerprint density at radius 2 is 2.04 bits per heavy atom. The normalized spacial score (nSPS) is 10.9. The quantitative estimate of drug-likeness (QED) is 0.385. The average molecular weight is 409 g/mol. The fraction of sp³-hybridized carbons (Fsp3) is 0.105. The van der Waals surface area contributed by atoms with Crippen molar-refractivity contribution in [2.75, 3.05) is 11.1 Å². The molecule has 7 nitrogen and oxygen atoms in total. The molecule has 0 aliphatic carbocycles. The SMILES string of the molecule is CC(=O)c1cccc(NC(=O)CSc2nnc3ccc(-c4cccs4)nn23)c1. The summed E-state index contributed by atoms with van der Waals surface area (Å²) >= 11 is 2.86. The average Bonchev–Trinajstić information content (AvgIpc) is 3.36. The topological polar surface area (TPSA) is 89.2 Å². The second kappa shape index (κ2) is 7.91. The van der Waals surface area contributed by atoms with Crippen LogP contribution in [0.5, 0.6) is 0 Å². The molecule has 140 valence electrons.